The molecule has 8 aromatic rings. The van der Waals surface area contributed by atoms with Crippen LogP contribution in [0.2, 0.25) is 0 Å². The number of aromatic hydroxyl groups is 1. The van der Waals surface area contributed by atoms with E-state index in [4.69, 9.17) is 9.98 Å². The number of hydrogen-bond donors (Lipinski definition) is 1. The van der Waals surface area contributed by atoms with Crippen LogP contribution in [0.15, 0.2) is 126 Å². The fourth-order valence-corrected chi connectivity index (χ4v) is 9.14. The molecule has 0 atom stereocenters. The molecule has 0 saturated carbocycles. The van der Waals surface area contributed by atoms with Gasteiger partial charge in [-0.3, -0.25) is 4.99 Å². The quantitative estimate of drug-likeness (QED) is 0.170. The van der Waals surface area contributed by atoms with Crippen molar-refractivity contribution < 1.29 is 5.11 Å². The van der Waals surface area contributed by atoms with E-state index >= 15 is 0 Å². The molecule has 1 aromatic heterocycles. The highest BCUT2D eigenvalue weighted by Gasteiger charge is 2.26. The molecular formula is C55H56N2OS. The second-order valence-corrected chi connectivity index (χ2v) is 20.6. The molecule has 0 spiro atoms. The zero-order chi connectivity index (χ0) is 42.0. The van der Waals surface area contributed by atoms with Gasteiger partial charge in [0.25, 0.3) is 0 Å². The van der Waals surface area contributed by atoms with Gasteiger partial charge < -0.3 is 5.11 Å². The number of aromatic nitrogens is 1. The first-order chi connectivity index (χ1) is 27.9. The normalized spacial score (nSPS) is 12.8. The van der Waals surface area contributed by atoms with E-state index in [-0.39, 0.29) is 22.0 Å². The molecule has 8 rings (SSSR count). The van der Waals surface area contributed by atoms with Crippen LogP contribution in [0.4, 0.5) is 5.69 Å². The van der Waals surface area contributed by atoms with E-state index in [0.29, 0.717) is 11.5 Å². The Hall–Kier alpha value is -5.58. The van der Waals surface area contributed by atoms with Crippen LogP contribution in [0.5, 0.6) is 5.75 Å². The first-order valence-electron chi connectivity index (χ1n) is 20.9. The van der Waals surface area contributed by atoms with Gasteiger partial charge in [0.1, 0.15) is 10.8 Å². The van der Waals surface area contributed by atoms with Gasteiger partial charge in [0.05, 0.1) is 15.9 Å². The highest BCUT2D eigenvalue weighted by Crippen LogP contribution is 2.46. The summed E-state index contributed by atoms with van der Waals surface area (Å²) in [4.78, 5) is 10.8. The Bertz CT molecular complexity index is 2910. The zero-order valence-corrected chi connectivity index (χ0v) is 37.3. The van der Waals surface area contributed by atoms with Crippen LogP contribution < -0.4 is 0 Å². The van der Waals surface area contributed by atoms with Crippen LogP contribution in [0.3, 0.4) is 0 Å². The van der Waals surface area contributed by atoms with Gasteiger partial charge in [-0.15, -0.1) is 11.3 Å². The Morgan fingerprint density at radius 1 is 0.593 bits per heavy atom. The molecule has 7 aromatic carbocycles. The van der Waals surface area contributed by atoms with Crippen molar-refractivity contribution in [1.82, 2.24) is 4.98 Å². The van der Waals surface area contributed by atoms with Gasteiger partial charge in [0, 0.05) is 33.9 Å². The summed E-state index contributed by atoms with van der Waals surface area (Å²) < 4.78 is 1.15. The molecule has 1 heterocycles. The lowest BCUT2D eigenvalue weighted by molar-refractivity contribution is 0.444. The number of hydrogen-bond acceptors (Lipinski definition) is 4. The molecule has 3 nitrogen and oxygen atoms in total. The molecule has 0 fully saturated rings. The van der Waals surface area contributed by atoms with Crippen molar-refractivity contribution in [1.29, 1.82) is 0 Å². The van der Waals surface area contributed by atoms with Crippen LogP contribution in [0, 0.1) is 0 Å². The summed E-state index contributed by atoms with van der Waals surface area (Å²) in [5.41, 5.74) is 12.6. The van der Waals surface area contributed by atoms with Crippen molar-refractivity contribution in [2.24, 2.45) is 4.99 Å². The standard InChI is InChI=1S/C55H56N2OS/c1-33(2)34-20-22-36(23-21-34)40-26-27-44(43-19-15-14-18-42(40)43)46-29-39(54(6,7)8)31-48-50(46)57-52(59-48)45-25-24-35-16-12-13-17-41(35)49(45)56-32-37-28-38(53(3,4)5)30-47(51(37)58)55(9,10)11/h12-33,58H,1-11H3. The van der Waals surface area contributed by atoms with Crippen molar-refractivity contribution in [2.45, 2.75) is 98.3 Å². The third kappa shape index (κ3) is 7.72. The van der Waals surface area contributed by atoms with Crippen LogP contribution >= 0.6 is 11.3 Å². The lowest BCUT2D eigenvalue weighted by atomic mass is 9.79. The summed E-state index contributed by atoms with van der Waals surface area (Å²) in [5, 5.41) is 17.2. The maximum atomic E-state index is 11.7. The molecule has 4 heteroatoms. The van der Waals surface area contributed by atoms with Crippen molar-refractivity contribution in [3.05, 3.63) is 149 Å². The molecule has 0 aliphatic heterocycles. The Morgan fingerprint density at radius 2 is 1.19 bits per heavy atom. The first kappa shape index (κ1) is 40.2. The number of fused-ring (bicyclic) bond motifs is 3. The maximum absolute atomic E-state index is 11.7. The summed E-state index contributed by atoms with van der Waals surface area (Å²) in [7, 11) is 0. The smallest absolute Gasteiger partial charge is 0.128 e. The van der Waals surface area contributed by atoms with Crippen molar-refractivity contribution >= 4 is 55.0 Å². The van der Waals surface area contributed by atoms with Crippen molar-refractivity contribution in [2.75, 3.05) is 0 Å². The Kier molecular flexibility index (Phi) is 10.2. The van der Waals surface area contributed by atoms with Gasteiger partial charge in [-0.05, 0) is 96.0 Å². The van der Waals surface area contributed by atoms with E-state index in [1.54, 1.807) is 11.3 Å². The Balaban J connectivity index is 1.33. The second kappa shape index (κ2) is 14.9. The van der Waals surface area contributed by atoms with E-state index in [1.165, 1.54) is 38.6 Å². The zero-order valence-electron chi connectivity index (χ0n) is 36.5. The molecule has 59 heavy (non-hydrogen) atoms. The van der Waals surface area contributed by atoms with Gasteiger partial charge in [-0.1, -0.05) is 173 Å². The Morgan fingerprint density at radius 3 is 1.83 bits per heavy atom. The van der Waals surface area contributed by atoms with Gasteiger partial charge in [-0.2, -0.15) is 0 Å². The van der Waals surface area contributed by atoms with Gasteiger partial charge in [-0.25, -0.2) is 4.98 Å². The molecule has 1 N–H and O–H groups in total. The average Bonchev–Trinajstić information content (AvgIpc) is 3.63. The molecule has 0 unspecified atom stereocenters. The third-order valence-corrected chi connectivity index (χ3v) is 12.8. The van der Waals surface area contributed by atoms with Crippen LogP contribution in [0.25, 0.3) is 64.6 Å². The van der Waals surface area contributed by atoms with Crippen LogP contribution in [-0.2, 0) is 16.2 Å². The summed E-state index contributed by atoms with van der Waals surface area (Å²) in [6.07, 6.45) is 1.85. The predicted molar refractivity (Wildman–Crippen MR) is 256 cm³/mol. The highest BCUT2D eigenvalue weighted by atomic mass is 32.1. The van der Waals surface area contributed by atoms with E-state index in [1.807, 2.05) is 6.21 Å². The fourth-order valence-electron chi connectivity index (χ4n) is 8.08. The number of phenols is 1. The predicted octanol–water partition coefficient (Wildman–Crippen LogP) is 16.1. The second-order valence-electron chi connectivity index (χ2n) is 19.5. The number of aliphatic imine (C=N–C) groups is 1. The van der Waals surface area contributed by atoms with Gasteiger partial charge in [0.2, 0.25) is 0 Å². The molecular weight excluding hydrogens is 737 g/mol. The number of phenolic OH excluding ortho intramolecular Hbond substituents is 1. The molecule has 0 amide bonds. The number of benzene rings is 7. The third-order valence-electron chi connectivity index (χ3n) is 11.7. The number of thiazole rings is 1. The summed E-state index contributed by atoms with van der Waals surface area (Å²) in [5.74, 6) is 0.767. The fraction of sp³-hybridized carbons (Fsp3) is 0.273. The van der Waals surface area contributed by atoms with E-state index in [9.17, 15) is 5.11 Å². The topological polar surface area (TPSA) is 45.5 Å². The lowest BCUT2D eigenvalue weighted by Crippen LogP contribution is -2.17. The Labute approximate surface area is 354 Å². The lowest BCUT2D eigenvalue weighted by Gasteiger charge is -2.27. The largest absolute Gasteiger partial charge is 0.507 e. The number of rotatable bonds is 6. The van der Waals surface area contributed by atoms with E-state index in [2.05, 4.69) is 197 Å². The molecule has 0 aliphatic carbocycles. The number of nitrogens with zero attached hydrogens (tertiary/aromatic N) is 2. The minimum Gasteiger partial charge on any atom is -0.507 e. The van der Waals surface area contributed by atoms with Gasteiger partial charge in [0.15, 0.2) is 0 Å². The minimum absolute atomic E-state index is 0.0745. The molecule has 0 saturated heterocycles. The van der Waals surface area contributed by atoms with E-state index in [0.717, 1.165) is 53.9 Å². The van der Waals surface area contributed by atoms with Crippen molar-refractivity contribution in [3.8, 4) is 38.6 Å². The summed E-state index contributed by atoms with van der Waals surface area (Å²) in [6, 6.07) is 44.1. The highest BCUT2D eigenvalue weighted by molar-refractivity contribution is 7.21. The van der Waals surface area contributed by atoms with Gasteiger partial charge >= 0.3 is 0 Å². The molecule has 298 valence electrons. The molecule has 0 bridgehead atoms. The first-order valence-corrected chi connectivity index (χ1v) is 21.7. The minimum atomic E-state index is -0.242. The SMILES string of the molecule is CC(C)c1ccc(-c2ccc(-c3cc(C(C)(C)C)cc4sc(-c5ccc6ccccc6c5N=Cc5cc(C(C)(C)C)cc(C(C)(C)C)c5O)nc34)c3ccccc23)cc1. The van der Waals surface area contributed by atoms with Crippen molar-refractivity contribution in [3.63, 3.8) is 0 Å². The molecule has 0 radical (unpaired) electrons. The van der Waals surface area contributed by atoms with Crippen LogP contribution in [0.1, 0.15) is 110 Å². The molecule has 0 aliphatic rings. The van der Waals surface area contributed by atoms with E-state index < -0.39 is 0 Å². The monoisotopic (exact) mass is 792 g/mol. The maximum Gasteiger partial charge on any atom is 0.128 e. The summed E-state index contributed by atoms with van der Waals surface area (Å²) in [6.45, 7) is 24.4. The summed E-state index contributed by atoms with van der Waals surface area (Å²) >= 11 is 1.72. The average molecular weight is 793 g/mol. The van der Waals surface area contributed by atoms with Crippen LogP contribution in [-0.4, -0.2) is 16.3 Å².